The third-order valence-electron chi connectivity index (χ3n) is 5.73. The normalized spacial score (nSPS) is 15.9. The summed E-state index contributed by atoms with van der Waals surface area (Å²) < 4.78 is 16.2. The first kappa shape index (κ1) is 21.6. The van der Waals surface area contributed by atoms with Crippen LogP contribution in [0.3, 0.4) is 0 Å². The molecule has 1 unspecified atom stereocenters. The summed E-state index contributed by atoms with van der Waals surface area (Å²) in [5.74, 6) is -0.432. The van der Waals surface area contributed by atoms with Crippen LogP contribution in [0.25, 0.3) is 11.0 Å². The van der Waals surface area contributed by atoms with Crippen LogP contribution in [0, 0.1) is 19.8 Å². The van der Waals surface area contributed by atoms with Gasteiger partial charge < -0.3 is 18.8 Å². The molecule has 166 valence electrons. The lowest BCUT2D eigenvalue weighted by Crippen LogP contribution is -2.26. The first-order chi connectivity index (χ1) is 15.4. The van der Waals surface area contributed by atoms with Gasteiger partial charge in [-0.3, -0.25) is 9.59 Å². The van der Waals surface area contributed by atoms with Gasteiger partial charge in [-0.2, -0.15) is 0 Å². The standard InChI is InChI=1S/C25H25NO6/c1-4-30-20-7-5-19(6-8-20)26-13-17(11-23(26)27)25(29)31-14-18-12-24(28)32-22-10-16(3)15(2)9-21(18)22/h5-10,12,17H,4,11,13-14H2,1-3H3. The van der Waals surface area contributed by atoms with Crippen molar-refractivity contribution in [1.82, 2.24) is 0 Å². The van der Waals surface area contributed by atoms with Crippen molar-refractivity contribution in [3.63, 3.8) is 0 Å². The van der Waals surface area contributed by atoms with Gasteiger partial charge in [-0.25, -0.2) is 4.79 Å². The molecule has 0 aliphatic carbocycles. The van der Waals surface area contributed by atoms with Gasteiger partial charge in [0.05, 0.1) is 12.5 Å². The van der Waals surface area contributed by atoms with Crippen molar-refractivity contribution in [1.29, 1.82) is 0 Å². The lowest BCUT2D eigenvalue weighted by molar-refractivity contribution is -0.149. The Labute approximate surface area is 185 Å². The van der Waals surface area contributed by atoms with Gasteiger partial charge in [-0.05, 0) is 68.3 Å². The summed E-state index contributed by atoms with van der Waals surface area (Å²) in [6.45, 7) is 6.57. The topological polar surface area (TPSA) is 86.0 Å². The minimum Gasteiger partial charge on any atom is -0.494 e. The molecule has 3 aromatic rings. The molecule has 2 aromatic carbocycles. The zero-order valence-corrected chi connectivity index (χ0v) is 18.3. The molecule has 7 nitrogen and oxygen atoms in total. The number of hydrogen-bond acceptors (Lipinski definition) is 6. The number of nitrogens with zero attached hydrogens (tertiary/aromatic N) is 1. The number of esters is 1. The molecule has 1 aliphatic heterocycles. The number of anilines is 1. The van der Waals surface area contributed by atoms with Crippen LogP contribution in [0.4, 0.5) is 5.69 Å². The van der Waals surface area contributed by atoms with Gasteiger partial charge in [0.1, 0.15) is 17.9 Å². The third kappa shape index (κ3) is 4.37. The Morgan fingerprint density at radius 3 is 2.53 bits per heavy atom. The maximum atomic E-state index is 12.7. The average molecular weight is 435 g/mol. The van der Waals surface area contributed by atoms with Crippen LogP contribution in [0.15, 0.2) is 51.7 Å². The largest absolute Gasteiger partial charge is 0.494 e. The highest BCUT2D eigenvalue weighted by atomic mass is 16.5. The number of carbonyl (C=O) groups is 2. The molecule has 1 saturated heterocycles. The number of amides is 1. The predicted molar refractivity (Wildman–Crippen MR) is 120 cm³/mol. The number of carbonyl (C=O) groups excluding carboxylic acids is 2. The van der Waals surface area contributed by atoms with Crippen LogP contribution < -0.4 is 15.3 Å². The molecule has 1 amide bonds. The summed E-state index contributed by atoms with van der Waals surface area (Å²) >= 11 is 0. The molecule has 0 radical (unpaired) electrons. The highest BCUT2D eigenvalue weighted by Gasteiger charge is 2.36. The Morgan fingerprint density at radius 1 is 1.09 bits per heavy atom. The molecule has 1 atom stereocenters. The second-order valence-corrected chi connectivity index (χ2v) is 7.96. The SMILES string of the molecule is CCOc1ccc(N2CC(C(=O)OCc3cc(=O)oc4cc(C)c(C)cc34)CC2=O)cc1. The van der Waals surface area contributed by atoms with Crippen LogP contribution in [0.5, 0.6) is 5.75 Å². The zero-order chi connectivity index (χ0) is 22.8. The molecular weight excluding hydrogens is 410 g/mol. The molecule has 0 spiro atoms. The Hall–Kier alpha value is -3.61. The first-order valence-corrected chi connectivity index (χ1v) is 10.6. The van der Waals surface area contributed by atoms with E-state index in [0.29, 0.717) is 23.4 Å². The van der Waals surface area contributed by atoms with E-state index in [2.05, 4.69) is 0 Å². The third-order valence-corrected chi connectivity index (χ3v) is 5.73. The summed E-state index contributed by atoms with van der Waals surface area (Å²) in [6, 6.07) is 12.3. The van der Waals surface area contributed by atoms with Gasteiger partial charge in [0, 0.05) is 35.7 Å². The maximum absolute atomic E-state index is 12.7. The van der Waals surface area contributed by atoms with Crippen molar-refractivity contribution in [2.24, 2.45) is 5.92 Å². The molecule has 1 aromatic heterocycles. The molecule has 32 heavy (non-hydrogen) atoms. The van der Waals surface area contributed by atoms with E-state index in [0.717, 1.165) is 22.3 Å². The van der Waals surface area contributed by atoms with E-state index in [1.165, 1.54) is 6.07 Å². The Morgan fingerprint density at radius 2 is 1.81 bits per heavy atom. The van der Waals surface area contributed by atoms with Crippen LogP contribution in [-0.4, -0.2) is 25.0 Å². The number of fused-ring (bicyclic) bond motifs is 1. The molecule has 1 aliphatic rings. The van der Waals surface area contributed by atoms with Gasteiger partial charge in [0.2, 0.25) is 5.91 Å². The molecule has 1 fully saturated rings. The van der Waals surface area contributed by atoms with Crippen molar-refractivity contribution in [3.05, 3.63) is 69.6 Å². The fraction of sp³-hybridized carbons (Fsp3) is 0.320. The lowest BCUT2D eigenvalue weighted by atomic mass is 10.0. The Bertz CT molecular complexity index is 1230. The summed E-state index contributed by atoms with van der Waals surface area (Å²) in [4.78, 5) is 38.7. The van der Waals surface area contributed by atoms with Crippen LogP contribution in [0.2, 0.25) is 0 Å². The van der Waals surface area contributed by atoms with Gasteiger partial charge >= 0.3 is 11.6 Å². The summed E-state index contributed by atoms with van der Waals surface area (Å²) in [6.07, 6.45) is 0.0853. The molecule has 4 rings (SSSR count). The van der Waals surface area contributed by atoms with Gasteiger partial charge in [0.15, 0.2) is 0 Å². The molecule has 0 bridgehead atoms. The number of ether oxygens (including phenoxy) is 2. The lowest BCUT2D eigenvalue weighted by Gasteiger charge is -2.17. The smallest absolute Gasteiger partial charge is 0.336 e. The van der Waals surface area contributed by atoms with E-state index in [-0.39, 0.29) is 25.5 Å². The fourth-order valence-electron chi connectivity index (χ4n) is 3.87. The minimum atomic E-state index is -0.565. The first-order valence-electron chi connectivity index (χ1n) is 10.6. The van der Waals surface area contributed by atoms with E-state index in [1.807, 2.05) is 32.9 Å². The maximum Gasteiger partial charge on any atom is 0.336 e. The molecule has 0 saturated carbocycles. The second kappa shape index (κ2) is 8.86. The van der Waals surface area contributed by atoms with Crippen LogP contribution in [0.1, 0.15) is 30.0 Å². The monoisotopic (exact) mass is 435 g/mol. The summed E-state index contributed by atoms with van der Waals surface area (Å²) in [7, 11) is 0. The fourth-order valence-corrected chi connectivity index (χ4v) is 3.87. The number of hydrogen-bond donors (Lipinski definition) is 0. The van der Waals surface area contributed by atoms with Crippen molar-refractivity contribution < 1.29 is 23.5 Å². The van der Waals surface area contributed by atoms with Crippen LogP contribution >= 0.6 is 0 Å². The van der Waals surface area contributed by atoms with E-state index >= 15 is 0 Å². The molecule has 7 heteroatoms. The minimum absolute atomic E-state index is 0.0584. The van der Waals surface area contributed by atoms with E-state index < -0.39 is 17.5 Å². The second-order valence-electron chi connectivity index (χ2n) is 7.96. The number of aryl methyl sites for hydroxylation is 2. The van der Waals surface area contributed by atoms with Gasteiger partial charge in [-0.1, -0.05) is 0 Å². The van der Waals surface area contributed by atoms with Crippen molar-refractivity contribution in [3.8, 4) is 5.75 Å². The van der Waals surface area contributed by atoms with E-state index in [4.69, 9.17) is 13.9 Å². The van der Waals surface area contributed by atoms with E-state index in [9.17, 15) is 14.4 Å². The van der Waals surface area contributed by atoms with E-state index in [1.54, 1.807) is 29.2 Å². The average Bonchev–Trinajstić information content (AvgIpc) is 3.15. The quantitative estimate of drug-likeness (QED) is 0.431. The van der Waals surface area contributed by atoms with Crippen molar-refractivity contribution >= 4 is 28.5 Å². The summed E-state index contributed by atoms with van der Waals surface area (Å²) in [5, 5.41) is 0.735. The van der Waals surface area contributed by atoms with Crippen molar-refractivity contribution in [2.45, 2.75) is 33.8 Å². The molecule has 2 heterocycles. The Balaban J connectivity index is 1.45. The Kier molecular flexibility index (Phi) is 5.99. The highest BCUT2D eigenvalue weighted by molar-refractivity contribution is 5.99. The van der Waals surface area contributed by atoms with Gasteiger partial charge in [0.25, 0.3) is 0 Å². The molecular formula is C25H25NO6. The predicted octanol–water partition coefficient (Wildman–Crippen LogP) is 3.90. The van der Waals surface area contributed by atoms with Crippen molar-refractivity contribution in [2.75, 3.05) is 18.1 Å². The highest BCUT2D eigenvalue weighted by Crippen LogP contribution is 2.28. The van der Waals surface area contributed by atoms with Gasteiger partial charge in [-0.15, -0.1) is 0 Å². The van der Waals surface area contributed by atoms with Crippen LogP contribution in [-0.2, 0) is 20.9 Å². The number of benzene rings is 2. The molecule has 0 N–H and O–H groups in total. The summed E-state index contributed by atoms with van der Waals surface area (Å²) in [5.41, 5.74) is 3.32. The number of rotatable bonds is 6. The zero-order valence-electron chi connectivity index (χ0n) is 18.3.